The predicted molar refractivity (Wildman–Crippen MR) is 106 cm³/mol. The molecule has 156 valence electrons. The van der Waals surface area contributed by atoms with E-state index in [2.05, 4.69) is 4.98 Å². The van der Waals surface area contributed by atoms with Crippen molar-refractivity contribution >= 4 is 16.8 Å². The molecule has 1 aromatic heterocycles. The van der Waals surface area contributed by atoms with Gasteiger partial charge < -0.3 is 4.90 Å². The zero-order chi connectivity index (χ0) is 21.3. The first-order chi connectivity index (χ1) is 14.3. The number of amides is 1. The standard InChI is InChI=1S/C22H20F3N3O2/c23-22(24,25)16-6-3-5-15(11-16)12-20(29)27-10-4-7-17(13-27)28-14-26-19-9-2-1-8-18(19)21(28)30/h1-3,5-6,8-9,11,14,17H,4,7,10,12-13H2. The van der Waals surface area contributed by atoms with Crippen LogP contribution >= 0.6 is 0 Å². The molecule has 0 radical (unpaired) electrons. The van der Waals surface area contributed by atoms with Gasteiger partial charge in [0.15, 0.2) is 0 Å². The lowest BCUT2D eigenvalue weighted by molar-refractivity contribution is -0.138. The molecule has 0 saturated carbocycles. The first-order valence-corrected chi connectivity index (χ1v) is 9.73. The molecule has 0 aliphatic carbocycles. The number of halogens is 3. The molecule has 5 nitrogen and oxygen atoms in total. The number of hydrogen-bond donors (Lipinski definition) is 0. The number of piperidine rings is 1. The maximum absolute atomic E-state index is 12.9. The average molecular weight is 415 g/mol. The Balaban J connectivity index is 1.51. The number of benzene rings is 2. The third-order valence-electron chi connectivity index (χ3n) is 5.44. The van der Waals surface area contributed by atoms with Crippen LogP contribution in [0, 0.1) is 0 Å². The minimum absolute atomic E-state index is 0.110. The van der Waals surface area contributed by atoms with Gasteiger partial charge in [0.2, 0.25) is 5.91 Å². The fourth-order valence-corrected chi connectivity index (χ4v) is 3.90. The van der Waals surface area contributed by atoms with Gasteiger partial charge >= 0.3 is 6.18 Å². The maximum Gasteiger partial charge on any atom is 0.416 e. The molecule has 1 aliphatic rings. The summed E-state index contributed by atoms with van der Waals surface area (Å²) in [5.74, 6) is -0.249. The van der Waals surface area contributed by atoms with Crippen molar-refractivity contribution in [1.29, 1.82) is 0 Å². The summed E-state index contributed by atoms with van der Waals surface area (Å²) >= 11 is 0. The number of carbonyl (C=O) groups excluding carboxylic acids is 1. The molecule has 1 aliphatic heterocycles. The van der Waals surface area contributed by atoms with Crippen LogP contribution in [-0.2, 0) is 17.4 Å². The smallest absolute Gasteiger partial charge is 0.340 e. The molecule has 1 unspecified atom stereocenters. The Bertz CT molecular complexity index is 1140. The summed E-state index contributed by atoms with van der Waals surface area (Å²) in [6.45, 7) is 0.849. The normalized spacial score (nSPS) is 17.3. The van der Waals surface area contributed by atoms with Gasteiger partial charge in [-0.05, 0) is 36.6 Å². The van der Waals surface area contributed by atoms with E-state index in [9.17, 15) is 22.8 Å². The second-order valence-corrected chi connectivity index (χ2v) is 7.48. The first kappa shape index (κ1) is 20.1. The number of rotatable bonds is 3. The van der Waals surface area contributed by atoms with Crippen LogP contribution in [0.5, 0.6) is 0 Å². The molecule has 1 atom stereocenters. The van der Waals surface area contributed by atoms with Gasteiger partial charge in [0.1, 0.15) is 0 Å². The van der Waals surface area contributed by atoms with Crippen molar-refractivity contribution in [2.75, 3.05) is 13.1 Å². The molecule has 1 saturated heterocycles. The van der Waals surface area contributed by atoms with E-state index in [0.29, 0.717) is 36.0 Å². The second kappa shape index (κ2) is 7.93. The van der Waals surface area contributed by atoms with E-state index in [1.165, 1.54) is 18.5 Å². The molecule has 8 heteroatoms. The number of likely N-dealkylation sites (tertiary alicyclic amines) is 1. The van der Waals surface area contributed by atoms with Crippen molar-refractivity contribution in [3.05, 3.63) is 76.3 Å². The number of fused-ring (bicyclic) bond motifs is 1. The molecule has 2 heterocycles. The number of nitrogens with zero attached hydrogens (tertiary/aromatic N) is 3. The van der Waals surface area contributed by atoms with Gasteiger partial charge in [0.05, 0.1) is 35.3 Å². The molecule has 30 heavy (non-hydrogen) atoms. The van der Waals surface area contributed by atoms with E-state index in [1.54, 1.807) is 27.7 Å². The summed E-state index contributed by atoms with van der Waals surface area (Å²) in [7, 11) is 0. The average Bonchev–Trinajstić information content (AvgIpc) is 2.74. The van der Waals surface area contributed by atoms with Crippen LogP contribution in [0.1, 0.15) is 30.0 Å². The van der Waals surface area contributed by atoms with Crippen molar-refractivity contribution in [3.8, 4) is 0 Å². The minimum Gasteiger partial charge on any atom is -0.340 e. The quantitative estimate of drug-likeness (QED) is 0.654. The summed E-state index contributed by atoms with van der Waals surface area (Å²) in [5, 5.41) is 0.521. The third kappa shape index (κ3) is 4.08. The van der Waals surface area contributed by atoms with Crippen LogP contribution in [0.2, 0.25) is 0 Å². The van der Waals surface area contributed by atoms with E-state index in [0.717, 1.165) is 18.6 Å². The van der Waals surface area contributed by atoms with E-state index >= 15 is 0 Å². The monoisotopic (exact) mass is 415 g/mol. The molecular formula is C22H20F3N3O2. The first-order valence-electron chi connectivity index (χ1n) is 9.73. The largest absolute Gasteiger partial charge is 0.416 e. The van der Waals surface area contributed by atoms with Crippen molar-refractivity contribution < 1.29 is 18.0 Å². The molecule has 0 spiro atoms. The molecule has 1 fully saturated rings. The van der Waals surface area contributed by atoms with Gasteiger partial charge in [-0.3, -0.25) is 14.2 Å². The zero-order valence-corrected chi connectivity index (χ0v) is 16.1. The predicted octanol–water partition coefficient (Wildman–Crippen LogP) is 3.82. The Morgan fingerprint density at radius 3 is 2.73 bits per heavy atom. The van der Waals surface area contributed by atoms with Gasteiger partial charge in [-0.2, -0.15) is 13.2 Å². The van der Waals surface area contributed by atoms with Crippen LogP contribution < -0.4 is 5.56 Å². The lowest BCUT2D eigenvalue weighted by Crippen LogP contribution is -2.43. The van der Waals surface area contributed by atoms with Crippen molar-refractivity contribution in [2.24, 2.45) is 0 Å². The topological polar surface area (TPSA) is 55.2 Å². The van der Waals surface area contributed by atoms with Crippen LogP contribution in [0.15, 0.2) is 59.7 Å². The summed E-state index contributed by atoms with van der Waals surface area (Å²) in [5.41, 5.74) is 0.0180. The molecular weight excluding hydrogens is 395 g/mol. The highest BCUT2D eigenvalue weighted by Gasteiger charge is 2.31. The Kier molecular flexibility index (Phi) is 5.32. The Morgan fingerprint density at radius 2 is 1.93 bits per heavy atom. The fourth-order valence-electron chi connectivity index (χ4n) is 3.90. The number of alkyl halides is 3. The van der Waals surface area contributed by atoms with Crippen molar-refractivity contribution in [1.82, 2.24) is 14.5 Å². The summed E-state index contributed by atoms with van der Waals surface area (Å²) in [4.78, 5) is 31.5. The number of hydrogen-bond acceptors (Lipinski definition) is 3. The third-order valence-corrected chi connectivity index (χ3v) is 5.44. The highest BCUT2D eigenvalue weighted by atomic mass is 19.4. The highest BCUT2D eigenvalue weighted by molar-refractivity contribution is 5.79. The van der Waals surface area contributed by atoms with Gasteiger partial charge in [0, 0.05) is 13.1 Å². The summed E-state index contributed by atoms with van der Waals surface area (Å²) < 4.78 is 40.3. The van der Waals surface area contributed by atoms with Crippen LogP contribution in [0.4, 0.5) is 13.2 Å². The molecule has 1 amide bonds. The molecule has 2 aromatic carbocycles. The van der Waals surface area contributed by atoms with E-state index in [1.807, 2.05) is 6.07 Å². The second-order valence-electron chi connectivity index (χ2n) is 7.48. The maximum atomic E-state index is 12.9. The summed E-state index contributed by atoms with van der Waals surface area (Å²) in [6, 6.07) is 11.7. The SMILES string of the molecule is O=C(Cc1cccc(C(F)(F)F)c1)N1CCCC(n2cnc3ccccc3c2=O)C1. The van der Waals surface area contributed by atoms with Gasteiger partial charge in [-0.1, -0.05) is 30.3 Å². The Labute approximate surface area is 170 Å². The van der Waals surface area contributed by atoms with Crippen LogP contribution in [-0.4, -0.2) is 33.4 Å². The lowest BCUT2D eigenvalue weighted by atomic mass is 10.0. The zero-order valence-electron chi connectivity index (χ0n) is 16.1. The number of carbonyl (C=O) groups is 1. The van der Waals surface area contributed by atoms with E-state index < -0.39 is 11.7 Å². The van der Waals surface area contributed by atoms with E-state index in [-0.39, 0.29) is 23.9 Å². The Morgan fingerprint density at radius 1 is 1.13 bits per heavy atom. The minimum atomic E-state index is -4.44. The molecule has 4 rings (SSSR count). The van der Waals surface area contributed by atoms with Crippen LogP contribution in [0.25, 0.3) is 10.9 Å². The van der Waals surface area contributed by atoms with Crippen LogP contribution in [0.3, 0.4) is 0 Å². The van der Waals surface area contributed by atoms with Crippen molar-refractivity contribution in [3.63, 3.8) is 0 Å². The number of para-hydroxylation sites is 1. The van der Waals surface area contributed by atoms with Crippen molar-refractivity contribution in [2.45, 2.75) is 31.5 Å². The van der Waals surface area contributed by atoms with E-state index in [4.69, 9.17) is 0 Å². The lowest BCUT2D eigenvalue weighted by Gasteiger charge is -2.33. The Hall–Kier alpha value is -3.16. The van der Waals surface area contributed by atoms with Gasteiger partial charge in [-0.15, -0.1) is 0 Å². The fraction of sp³-hybridized carbons (Fsp3) is 0.318. The molecule has 3 aromatic rings. The number of aromatic nitrogens is 2. The summed E-state index contributed by atoms with van der Waals surface area (Å²) in [6.07, 6.45) is -1.61. The van der Waals surface area contributed by atoms with Gasteiger partial charge in [0.25, 0.3) is 5.56 Å². The van der Waals surface area contributed by atoms with Gasteiger partial charge in [-0.25, -0.2) is 4.98 Å². The highest BCUT2D eigenvalue weighted by Crippen LogP contribution is 2.30. The molecule has 0 N–H and O–H groups in total. The molecule has 0 bridgehead atoms.